The number of non-ortho nitro benzene ring substituents is 1. The number of carbonyl (C=O) groups excluding carboxylic acids is 1. The molecule has 2 atom stereocenters. The fourth-order valence-electron chi connectivity index (χ4n) is 2.77. The number of nitrogens with zero attached hydrogens (tertiary/aromatic N) is 2. The predicted octanol–water partition coefficient (Wildman–Crippen LogP) is 1.61. The number of fused-ring (bicyclic) bond motifs is 1. The zero-order valence-electron chi connectivity index (χ0n) is 10.5. The lowest BCUT2D eigenvalue weighted by Gasteiger charge is -2.19. The molecular weight excluding hydrogens is 248 g/mol. The molecular formula is C13H14N2O4. The van der Waals surface area contributed by atoms with Crippen LogP contribution in [0, 0.1) is 10.1 Å². The summed E-state index contributed by atoms with van der Waals surface area (Å²) in [6, 6.07) is 4.66. The highest BCUT2D eigenvalue weighted by Gasteiger charge is 2.38. The summed E-state index contributed by atoms with van der Waals surface area (Å²) < 4.78 is 5.16. The Labute approximate surface area is 110 Å². The molecule has 2 heterocycles. The average molecular weight is 262 g/mol. The lowest BCUT2D eigenvalue weighted by molar-refractivity contribution is -0.384. The van der Waals surface area contributed by atoms with Crippen molar-refractivity contribution in [2.45, 2.75) is 38.6 Å². The van der Waals surface area contributed by atoms with Gasteiger partial charge in [-0.3, -0.25) is 19.8 Å². The number of nitro benzene ring substituents is 1. The number of hydrogen-bond donors (Lipinski definition) is 0. The van der Waals surface area contributed by atoms with Crippen molar-refractivity contribution in [1.82, 2.24) is 4.90 Å². The van der Waals surface area contributed by atoms with Crippen LogP contribution in [0.15, 0.2) is 18.2 Å². The quantitative estimate of drug-likeness (QED) is 0.460. The molecule has 0 bridgehead atoms. The van der Waals surface area contributed by atoms with Crippen molar-refractivity contribution in [3.63, 3.8) is 0 Å². The van der Waals surface area contributed by atoms with Crippen LogP contribution in [-0.4, -0.2) is 27.9 Å². The van der Waals surface area contributed by atoms with Crippen LogP contribution in [0.3, 0.4) is 0 Å². The molecule has 0 amide bonds. The van der Waals surface area contributed by atoms with Gasteiger partial charge in [0.15, 0.2) is 0 Å². The maximum Gasteiger partial charge on any atom is 0.323 e. The minimum absolute atomic E-state index is 0.0458. The number of carbonyl (C=O) groups is 1. The first-order valence-electron chi connectivity index (χ1n) is 6.25. The van der Waals surface area contributed by atoms with Gasteiger partial charge in [0.05, 0.1) is 4.92 Å². The van der Waals surface area contributed by atoms with Crippen LogP contribution in [0.2, 0.25) is 0 Å². The monoisotopic (exact) mass is 262 g/mol. The van der Waals surface area contributed by atoms with Gasteiger partial charge in [0.25, 0.3) is 5.69 Å². The Balaban J connectivity index is 1.81. The summed E-state index contributed by atoms with van der Waals surface area (Å²) in [5, 5.41) is 10.8. The second kappa shape index (κ2) is 4.31. The van der Waals surface area contributed by atoms with Gasteiger partial charge >= 0.3 is 5.97 Å². The van der Waals surface area contributed by atoms with E-state index in [4.69, 9.17) is 4.74 Å². The van der Waals surface area contributed by atoms with Crippen molar-refractivity contribution in [2.24, 2.45) is 0 Å². The van der Waals surface area contributed by atoms with Crippen LogP contribution in [0.4, 0.5) is 5.69 Å². The minimum Gasteiger partial charge on any atom is -0.461 e. The van der Waals surface area contributed by atoms with E-state index in [0.717, 1.165) is 11.1 Å². The van der Waals surface area contributed by atoms with Crippen LogP contribution < -0.4 is 0 Å². The third kappa shape index (κ3) is 2.08. The molecule has 0 N–H and O–H groups in total. The molecule has 100 valence electrons. The fraction of sp³-hybridized carbons (Fsp3) is 0.462. The Bertz CT molecular complexity index is 558. The summed E-state index contributed by atoms with van der Waals surface area (Å²) >= 11 is 0. The van der Waals surface area contributed by atoms with Crippen molar-refractivity contribution < 1.29 is 14.5 Å². The number of cyclic esters (lactones) is 1. The maximum atomic E-state index is 11.7. The van der Waals surface area contributed by atoms with Gasteiger partial charge in [0.2, 0.25) is 0 Å². The smallest absolute Gasteiger partial charge is 0.323 e. The molecule has 1 aromatic rings. The van der Waals surface area contributed by atoms with Gasteiger partial charge in [-0.2, -0.15) is 0 Å². The van der Waals surface area contributed by atoms with E-state index in [0.29, 0.717) is 19.5 Å². The van der Waals surface area contributed by atoms with E-state index >= 15 is 0 Å². The highest BCUT2D eigenvalue weighted by molar-refractivity contribution is 5.78. The van der Waals surface area contributed by atoms with Crippen molar-refractivity contribution in [3.05, 3.63) is 39.4 Å². The zero-order valence-corrected chi connectivity index (χ0v) is 10.5. The lowest BCUT2D eigenvalue weighted by atomic mass is 10.1. The first-order valence-corrected chi connectivity index (χ1v) is 6.25. The Morgan fingerprint density at radius 1 is 1.37 bits per heavy atom. The van der Waals surface area contributed by atoms with Crippen LogP contribution in [0.1, 0.15) is 24.5 Å². The first kappa shape index (κ1) is 12.1. The molecule has 1 aromatic carbocycles. The van der Waals surface area contributed by atoms with Gasteiger partial charge in [0.1, 0.15) is 12.1 Å². The summed E-state index contributed by atoms with van der Waals surface area (Å²) in [5.74, 6) is -0.185. The highest BCUT2D eigenvalue weighted by Crippen LogP contribution is 2.31. The summed E-state index contributed by atoms with van der Waals surface area (Å²) in [4.78, 5) is 24.1. The summed E-state index contributed by atoms with van der Waals surface area (Å²) in [6.45, 7) is 3.11. The van der Waals surface area contributed by atoms with Gasteiger partial charge in [-0.1, -0.05) is 6.07 Å². The zero-order chi connectivity index (χ0) is 13.6. The molecule has 2 aliphatic heterocycles. The Morgan fingerprint density at radius 2 is 2.11 bits per heavy atom. The first-order chi connectivity index (χ1) is 9.04. The van der Waals surface area contributed by atoms with Gasteiger partial charge in [-0.15, -0.1) is 0 Å². The number of rotatable bonds is 2. The van der Waals surface area contributed by atoms with Crippen LogP contribution in [0.5, 0.6) is 0 Å². The largest absolute Gasteiger partial charge is 0.461 e. The molecule has 19 heavy (non-hydrogen) atoms. The van der Waals surface area contributed by atoms with E-state index in [2.05, 4.69) is 0 Å². The van der Waals surface area contributed by atoms with Crippen LogP contribution in [-0.2, 0) is 22.6 Å². The Hall–Kier alpha value is -1.95. The van der Waals surface area contributed by atoms with Crippen molar-refractivity contribution >= 4 is 11.7 Å². The van der Waals surface area contributed by atoms with E-state index in [1.54, 1.807) is 12.1 Å². The molecule has 3 rings (SSSR count). The second-order valence-corrected chi connectivity index (χ2v) is 5.11. The topological polar surface area (TPSA) is 72.7 Å². The van der Waals surface area contributed by atoms with E-state index in [1.807, 2.05) is 11.8 Å². The molecule has 6 heteroatoms. The highest BCUT2D eigenvalue weighted by atomic mass is 16.6. The molecule has 2 unspecified atom stereocenters. The number of esters is 1. The number of benzene rings is 1. The molecule has 6 nitrogen and oxygen atoms in total. The third-order valence-corrected chi connectivity index (χ3v) is 3.73. The standard InChI is InChI=1S/C13H14N2O4/c1-8-4-12(13(16)19-8)14-6-9-2-3-11(15(17)18)5-10(9)7-14/h2-3,5,8,12H,4,6-7H2,1H3. The van der Waals surface area contributed by atoms with E-state index in [-0.39, 0.29) is 23.8 Å². The van der Waals surface area contributed by atoms with Gasteiger partial charge in [-0.25, -0.2) is 0 Å². The van der Waals surface area contributed by atoms with Gasteiger partial charge < -0.3 is 4.74 Å². The van der Waals surface area contributed by atoms with E-state index < -0.39 is 4.92 Å². The predicted molar refractivity (Wildman–Crippen MR) is 66.3 cm³/mol. The molecule has 0 spiro atoms. The average Bonchev–Trinajstić information content (AvgIpc) is 2.90. The second-order valence-electron chi connectivity index (χ2n) is 5.11. The van der Waals surface area contributed by atoms with Crippen molar-refractivity contribution in [3.8, 4) is 0 Å². The molecule has 1 fully saturated rings. The third-order valence-electron chi connectivity index (χ3n) is 3.73. The summed E-state index contributed by atoms with van der Waals surface area (Å²) in [5.41, 5.74) is 2.09. The maximum absolute atomic E-state index is 11.7. The number of nitro groups is 1. The minimum atomic E-state index is -0.394. The normalized spacial score (nSPS) is 26.3. The molecule has 0 saturated carbocycles. The molecule has 0 aromatic heterocycles. The Kier molecular flexibility index (Phi) is 2.74. The molecule has 0 aliphatic carbocycles. The summed E-state index contributed by atoms with van der Waals surface area (Å²) in [7, 11) is 0. The lowest BCUT2D eigenvalue weighted by Crippen LogP contribution is -2.34. The van der Waals surface area contributed by atoms with E-state index in [9.17, 15) is 14.9 Å². The summed E-state index contributed by atoms with van der Waals surface area (Å²) in [6.07, 6.45) is 0.644. The van der Waals surface area contributed by atoms with Crippen LogP contribution in [0.25, 0.3) is 0 Å². The number of hydrogen-bond acceptors (Lipinski definition) is 5. The van der Waals surface area contributed by atoms with Crippen LogP contribution >= 0.6 is 0 Å². The van der Waals surface area contributed by atoms with E-state index in [1.165, 1.54) is 6.07 Å². The van der Waals surface area contributed by atoms with Crippen molar-refractivity contribution in [1.29, 1.82) is 0 Å². The fourth-order valence-corrected chi connectivity index (χ4v) is 2.77. The van der Waals surface area contributed by atoms with Gasteiger partial charge in [0, 0.05) is 31.6 Å². The molecule has 2 aliphatic rings. The molecule has 1 saturated heterocycles. The Morgan fingerprint density at radius 3 is 2.74 bits per heavy atom. The molecule has 0 radical (unpaired) electrons. The number of ether oxygens (including phenoxy) is 1. The SMILES string of the molecule is CC1CC(N2Cc3ccc([N+](=O)[O-])cc3C2)C(=O)O1. The van der Waals surface area contributed by atoms with Crippen molar-refractivity contribution in [2.75, 3.05) is 0 Å². The van der Waals surface area contributed by atoms with Gasteiger partial charge in [-0.05, 0) is 18.1 Å².